The van der Waals surface area contributed by atoms with Crippen molar-refractivity contribution < 1.29 is 18.8 Å². The van der Waals surface area contributed by atoms with Crippen LogP contribution in [0.5, 0.6) is 0 Å². The van der Waals surface area contributed by atoms with E-state index < -0.39 is 35.3 Å². The first-order valence-electron chi connectivity index (χ1n) is 14.2. The Labute approximate surface area is 259 Å². The normalized spacial score (nSPS) is 25.1. The van der Waals surface area contributed by atoms with Gasteiger partial charge in [0, 0.05) is 61.1 Å². The van der Waals surface area contributed by atoms with Gasteiger partial charge in [-0.2, -0.15) is 0 Å². The van der Waals surface area contributed by atoms with Crippen LogP contribution in [0.15, 0.2) is 66.7 Å². The molecule has 11 heteroatoms. The highest BCUT2D eigenvalue weighted by Gasteiger charge is 2.67. The standard InChI is InChI=1S/C32H32Cl2FN5O3/c1-38(2)29(41)19-11-13-22(14-12-19)39-17-25-26(30(39)42)27(23-7-4-8-24(34)28(23)35)32(36,40(25)16-18-9-10-18)31(43)37-21-6-3-5-20(33)15-21/h3-8,11-15,18,25-27H,9-10,16-17,36H2,1-2H3,(H,37,43)/t25?,26-,27+,32-/m1/s1. The zero-order valence-corrected chi connectivity index (χ0v) is 25.3. The van der Waals surface area contributed by atoms with E-state index in [-0.39, 0.29) is 28.9 Å². The maximum absolute atomic E-state index is 15.8. The number of amides is 3. The molecule has 4 atom stereocenters. The van der Waals surface area contributed by atoms with Gasteiger partial charge in [-0.05, 0) is 72.9 Å². The molecule has 1 unspecified atom stereocenters. The highest BCUT2D eigenvalue weighted by atomic mass is 35.5. The van der Waals surface area contributed by atoms with E-state index in [2.05, 4.69) is 5.32 Å². The summed E-state index contributed by atoms with van der Waals surface area (Å²) in [6.45, 7) is 0.732. The van der Waals surface area contributed by atoms with Crippen molar-refractivity contribution in [2.24, 2.45) is 17.6 Å². The van der Waals surface area contributed by atoms with Crippen molar-refractivity contribution in [1.29, 1.82) is 0 Å². The molecule has 224 valence electrons. The molecule has 2 heterocycles. The van der Waals surface area contributed by atoms with Crippen molar-refractivity contribution in [1.82, 2.24) is 9.80 Å². The fraction of sp³-hybridized carbons (Fsp3) is 0.344. The molecule has 0 aromatic heterocycles. The van der Waals surface area contributed by atoms with Crippen molar-refractivity contribution in [3.05, 3.63) is 93.7 Å². The number of likely N-dealkylation sites (tertiary alicyclic amines) is 1. The summed E-state index contributed by atoms with van der Waals surface area (Å²) in [4.78, 5) is 46.0. The molecule has 3 amide bonds. The van der Waals surface area contributed by atoms with E-state index in [1.165, 1.54) is 11.0 Å². The van der Waals surface area contributed by atoms with Crippen molar-refractivity contribution in [3.8, 4) is 0 Å². The molecule has 1 aliphatic carbocycles. The highest BCUT2D eigenvalue weighted by molar-refractivity contribution is 6.31. The minimum absolute atomic E-state index is 0.115. The maximum Gasteiger partial charge on any atom is 0.260 e. The number of anilines is 2. The molecule has 0 radical (unpaired) electrons. The Kier molecular flexibility index (Phi) is 7.71. The summed E-state index contributed by atoms with van der Waals surface area (Å²) in [5, 5.41) is 3.21. The Morgan fingerprint density at radius 2 is 1.77 bits per heavy atom. The number of carbonyl (C=O) groups is 3. The van der Waals surface area contributed by atoms with Gasteiger partial charge >= 0.3 is 0 Å². The van der Waals surface area contributed by atoms with E-state index in [0.29, 0.717) is 34.4 Å². The van der Waals surface area contributed by atoms with Gasteiger partial charge in [0.15, 0.2) is 5.66 Å². The smallest absolute Gasteiger partial charge is 0.260 e. The average molecular weight is 625 g/mol. The fourth-order valence-corrected chi connectivity index (χ4v) is 6.89. The molecule has 3 fully saturated rings. The van der Waals surface area contributed by atoms with Crippen LogP contribution in [-0.2, 0) is 9.59 Å². The third-order valence-corrected chi connectivity index (χ3v) is 9.32. The number of fused-ring (bicyclic) bond motifs is 1. The van der Waals surface area contributed by atoms with E-state index >= 15 is 4.39 Å². The monoisotopic (exact) mass is 623 g/mol. The SMILES string of the molecule is CN(C)C(=O)c1ccc(N2CC3[C@@H](C2=O)[C@H](c2cccc(Cl)c2F)[C@](N)(C(=O)Nc2cccc(Cl)c2)N3CC2CC2)cc1. The first kappa shape index (κ1) is 29.6. The number of hydrogen-bond acceptors (Lipinski definition) is 5. The third kappa shape index (κ3) is 5.18. The first-order chi connectivity index (χ1) is 20.5. The van der Waals surface area contributed by atoms with Crippen molar-refractivity contribution in [2.45, 2.75) is 30.5 Å². The number of carbonyl (C=O) groups excluding carboxylic acids is 3. The summed E-state index contributed by atoms with van der Waals surface area (Å²) >= 11 is 12.4. The Bertz CT molecular complexity index is 1600. The minimum Gasteiger partial charge on any atom is -0.345 e. The van der Waals surface area contributed by atoms with Gasteiger partial charge in [-0.1, -0.05) is 41.4 Å². The van der Waals surface area contributed by atoms with Crippen molar-refractivity contribution in [3.63, 3.8) is 0 Å². The molecule has 2 aliphatic heterocycles. The van der Waals surface area contributed by atoms with Gasteiger partial charge in [-0.25, -0.2) is 4.39 Å². The van der Waals surface area contributed by atoms with Crippen LogP contribution in [-0.4, -0.2) is 66.4 Å². The Hall–Kier alpha value is -3.50. The van der Waals surface area contributed by atoms with Gasteiger partial charge in [0.2, 0.25) is 5.91 Å². The highest BCUT2D eigenvalue weighted by Crippen LogP contribution is 2.53. The zero-order valence-electron chi connectivity index (χ0n) is 23.8. The van der Waals surface area contributed by atoms with E-state index in [1.54, 1.807) is 79.7 Å². The molecule has 0 bridgehead atoms. The van der Waals surface area contributed by atoms with Crippen LogP contribution >= 0.6 is 23.2 Å². The number of nitrogens with one attached hydrogen (secondary N) is 1. The van der Waals surface area contributed by atoms with Gasteiger partial charge in [-0.15, -0.1) is 0 Å². The van der Waals surface area contributed by atoms with E-state index in [1.807, 2.05) is 4.90 Å². The lowest BCUT2D eigenvalue weighted by Crippen LogP contribution is -2.65. The lowest BCUT2D eigenvalue weighted by atomic mass is 9.78. The third-order valence-electron chi connectivity index (χ3n) is 8.79. The molecule has 3 aliphatic rings. The van der Waals surface area contributed by atoms with Gasteiger partial charge in [0.25, 0.3) is 11.8 Å². The molecule has 8 nitrogen and oxygen atoms in total. The first-order valence-corrected chi connectivity index (χ1v) is 15.0. The van der Waals surface area contributed by atoms with Gasteiger partial charge < -0.3 is 20.9 Å². The number of halogens is 3. The summed E-state index contributed by atoms with van der Waals surface area (Å²) in [6.07, 6.45) is 1.96. The largest absolute Gasteiger partial charge is 0.345 e. The molecule has 0 spiro atoms. The molecule has 2 saturated heterocycles. The summed E-state index contributed by atoms with van der Waals surface area (Å²) in [5.41, 5.74) is 7.07. The van der Waals surface area contributed by atoms with E-state index in [9.17, 15) is 14.4 Å². The number of nitrogens with zero attached hydrogens (tertiary/aromatic N) is 3. The van der Waals surface area contributed by atoms with Crippen LogP contribution in [0.4, 0.5) is 15.8 Å². The van der Waals surface area contributed by atoms with Crippen LogP contribution in [0.1, 0.15) is 34.7 Å². The average Bonchev–Trinajstić information content (AvgIpc) is 3.70. The van der Waals surface area contributed by atoms with Crippen molar-refractivity contribution in [2.75, 3.05) is 37.4 Å². The zero-order chi connectivity index (χ0) is 30.6. The molecular formula is C32H32Cl2FN5O3. The van der Waals surface area contributed by atoms with Gasteiger partial charge in [-0.3, -0.25) is 19.3 Å². The molecule has 3 N–H and O–H groups in total. The summed E-state index contributed by atoms with van der Waals surface area (Å²) in [7, 11) is 3.35. The summed E-state index contributed by atoms with van der Waals surface area (Å²) in [5.74, 6) is -3.24. The second-order valence-electron chi connectivity index (χ2n) is 11.8. The molecule has 43 heavy (non-hydrogen) atoms. The second kappa shape index (κ2) is 11.2. The Morgan fingerprint density at radius 3 is 2.42 bits per heavy atom. The molecule has 1 saturated carbocycles. The molecule has 3 aromatic carbocycles. The predicted molar refractivity (Wildman–Crippen MR) is 165 cm³/mol. The fourth-order valence-electron chi connectivity index (χ4n) is 6.52. The summed E-state index contributed by atoms with van der Waals surface area (Å²) in [6, 6.07) is 17.6. The van der Waals surface area contributed by atoms with Crippen LogP contribution in [0.3, 0.4) is 0 Å². The van der Waals surface area contributed by atoms with Gasteiger partial charge in [0.05, 0.1) is 10.9 Å². The van der Waals surface area contributed by atoms with Crippen molar-refractivity contribution >= 4 is 52.3 Å². The van der Waals surface area contributed by atoms with Crippen LogP contribution in [0.2, 0.25) is 10.0 Å². The Morgan fingerprint density at radius 1 is 1.07 bits per heavy atom. The molecule has 6 rings (SSSR count). The van der Waals surface area contributed by atoms with Crippen LogP contribution < -0.4 is 16.0 Å². The van der Waals surface area contributed by atoms with E-state index in [4.69, 9.17) is 28.9 Å². The quantitative estimate of drug-likeness (QED) is 0.387. The second-order valence-corrected chi connectivity index (χ2v) is 12.6. The number of nitrogens with two attached hydrogens (primary N) is 1. The number of rotatable bonds is 7. The van der Waals surface area contributed by atoms with E-state index in [0.717, 1.165) is 12.8 Å². The molecular weight excluding hydrogens is 592 g/mol. The molecule has 3 aromatic rings. The summed E-state index contributed by atoms with van der Waals surface area (Å²) < 4.78 is 15.8. The lowest BCUT2D eigenvalue weighted by molar-refractivity contribution is -0.128. The Balaban J connectivity index is 1.43. The topological polar surface area (TPSA) is 99.0 Å². The predicted octanol–water partition coefficient (Wildman–Crippen LogP) is 4.97. The number of hydrogen-bond donors (Lipinski definition) is 2. The maximum atomic E-state index is 15.8. The van der Waals surface area contributed by atoms with Crippen LogP contribution in [0.25, 0.3) is 0 Å². The van der Waals surface area contributed by atoms with Crippen LogP contribution in [0, 0.1) is 17.7 Å². The lowest BCUT2D eigenvalue weighted by Gasteiger charge is -2.41. The number of benzene rings is 3. The van der Waals surface area contributed by atoms with Gasteiger partial charge in [0.1, 0.15) is 5.82 Å². The minimum atomic E-state index is -1.77.